The van der Waals surface area contributed by atoms with Gasteiger partial charge in [0.15, 0.2) is 0 Å². The molecule has 180 valence electrons. The Labute approximate surface area is 198 Å². The van der Waals surface area contributed by atoms with Crippen LogP contribution < -0.4 is 20.1 Å². The van der Waals surface area contributed by atoms with Gasteiger partial charge in [0.2, 0.25) is 5.91 Å². The van der Waals surface area contributed by atoms with E-state index in [-0.39, 0.29) is 49.0 Å². The van der Waals surface area contributed by atoms with Crippen LogP contribution in [0.5, 0.6) is 11.5 Å². The summed E-state index contributed by atoms with van der Waals surface area (Å²) in [5, 5.41) is 5.45. The second kappa shape index (κ2) is 10.1. The predicted octanol–water partition coefficient (Wildman–Crippen LogP) is 2.46. The maximum atomic E-state index is 13.3. The number of amides is 3. The van der Waals surface area contributed by atoms with E-state index >= 15 is 0 Å². The van der Waals surface area contributed by atoms with E-state index in [0.717, 1.165) is 0 Å². The van der Waals surface area contributed by atoms with Crippen LogP contribution in [-0.2, 0) is 9.53 Å². The Morgan fingerprint density at radius 1 is 1.15 bits per heavy atom. The number of carbonyl (C=O) groups excluding carboxylic acids is 3. The average molecular weight is 468 g/mol. The average Bonchev–Trinajstić information content (AvgIpc) is 2.86. The van der Waals surface area contributed by atoms with Crippen LogP contribution >= 0.6 is 0 Å². The van der Waals surface area contributed by atoms with E-state index in [4.69, 9.17) is 14.2 Å². The Morgan fingerprint density at radius 3 is 2.62 bits per heavy atom. The lowest BCUT2D eigenvalue weighted by atomic mass is 9.94. The summed E-state index contributed by atoms with van der Waals surface area (Å²) in [5.41, 5.74) is 1.34. The molecule has 2 heterocycles. The Bertz CT molecular complexity index is 1070. The molecule has 0 aromatic heterocycles. The number of hydrogen-bond donors (Lipinski definition) is 2. The summed E-state index contributed by atoms with van der Waals surface area (Å²) in [6.07, 6.45) is 1.13. The lowest BCUT2D eigenvalue weighted by Crippen LogP contribution is -2.53. The number of carbonyl (C=O) groups is 3. The van der Waals surface area contributed by atoms with Crippen molar-refractivity contribution < 1.29 is 28.6 Å². The van der Waals surface area contributed by atoms with Gasteiger partial charge >= 0.3 is 0 Å². The van der Waals surface area contributed by atoms with Crippen LogP contribution in [0.3, 0.4) is 0 Å². The number of benzene rings is 2. The van der Waals surface area contributed by atoms with Crippen molar-refractivity contribution in [2.24, 2.45) is 0 Å². The minimum absolute atomic E-state index is 0.0748. The molecule has 1 saturated heterocycles. The highest BCUT2D eigenvalue weighted by molar-refractivity contribution is 6.05. The zero-order chi connectivity index (χ0) is 24.2. The highest BCUT2D eigenvalue weighted by Gasteiger charge is 2.39. The Morgan fingerprint density at radius 2 is 1.91 bits per heavy atom. The number of likely N-dealkylation sites (N-methyl/N-ethyl adjacent to an activating group) is 1. The van der Waals surface area contributed by atoms with Crippen LogP contribution in [0.4, 0.5) is 5.69 Å². The molecule has 9 heteroatoms. The topological polar surface area (TPSA) is 106 Å². The normalized spacial score (nSPS) is 21.8. The number of hydrogen-bond acceptors (Lipinski definition) is 6. The van der Waals surface area contributed by atoms with E-state index in [1.165, 1.54) is 0 Å². The molecule has 0 aliphatic carbocycles. The quantitative estimate of drug-likeness (QED) is 0.700. The third-order valence-electron chi connectivity index (χ3n) is 6.31. The summed E-state index contributed by atoms with van der Waals surface area (Å²) >= 11 is 0. The minimum atomic E-state index is -0.333. The van der Waals surface area contributed by atoms with Gasteiger partial charge in [-0.3, -0.25) is 14.4 Å². The van der Waals surface area contributed by atoms with Gasteiger partial charge in [-0.25, -0.2) is 0 Å². The predicted molar refractivity (Wildman–Crippen MR) is 125 cm³/mol. The van der Waals surface area contributed by atoms with Crippen molar-refractivity contribution in [3.8, 4) is 11.5 Å². The molecule has 34 heavy (non-hydrogen) atoms. The van der Waals surface area contributed by atoms with E-state index in [2.05, 4.69) is 10.6 Å². The van der Waals surface area contributed by atoms with Crippen LogP contribution in [0.2, 0.25) is 0 Å². The molecule has 0 spiro atoms. The molecule has 4 rings (SSSR count). The van der Waals surface area contributed by atoms with Crippen molar-refractivity contribution >= 4 is 23.4 Å². The minimum Gasteiger partial charge on any atom is -0.497 e. The fourth-order valence-corrected chi connectivity index (χ4v) is 4.36. The molecule has 0 saturated carbocycles. The summed E-state index contributed by atoms with van der Waals surface area (Å²) in [4.78, 5) is 39.4. The number of methoxy groups -OCH3 is 1. The number of fused-ring (bicyclic) bond motifs is 2. The Balaban J connectivity index is 1.50. The van der Waals surface area contributed by atoms with Crippen molar-refractivity contribution in [3.63, 3.8) is 0 Å². The molecule has 3 atom stereocenters. The molecule has 2 aromatic rings. The lowest BCUT2D eigenvalue weighted by Gasteiger charge is -2.42. The first kappa shape index (κ1) is 23.6. The number of rotatable bonds is 5. The summed E-state index contributed by atoms with van der Waals surface area (Å²) < 4.78 is 17.2. The highest BCUT2D eigenvalue weighted by Crippen LogP contribution is 2.32. The monoisotopic (exact) mass is 467 g/mol. The Kier molecular flexibility index (Phi) is 7.02. The molecule has 0 radical (unpaired) electrons. The summed E-state index contributed by atoms with van der Waals surface area (Å²) in [6.45, 7) is 0.261. The van der Waals surface area contributed by atoms with E-state index in [1.807, 2.05) is 0 Å². The first-order chi connectivity index (χ1) is 16.4. The molecule has 3 amide bonds. The number of nitrogens with zero attached hydrogens (tertiary/aromatic N) is 1. The third kappa shape index (κ3) is 4.99. The standard InChI is InChI=1S/C25H29N3O6/c1-26-23(29)13-18-9-10-20-22(34-18)14-33-21-11-6-16(12-19(21)25(31)28(20)2)27-24(30)15-4-7-17(32-3)8-5-15/h4-8,11-12,18,20,22H,9-10,13-14H2,1-3H3,(H,26,29)(H,27,30)/t18-,20-,22-/m0/s1. The van der Waals surface area contributed by atoms with Crippen LogP contribution in [0.25, 0.3) is 0 Å². The van der Waals surface area contributed by atoms with Crippen molar-refractivity contribution in [2.75, 3.05) is 33.1 Å². The zero-order valence-electron chi connectivity index (χ0n) is 19.5. The molecule has 9 nitrogen and oxygen atoms in total. The highest BCUT2D eigenvalue weighted by atomic mass is 16.5. The second-order valence-electron chi connectivity index (χ2n) is 8.44. The van der Waals surface area contributed by atoms with Gasteiger partial charge in [0, 0.05) is 25.3 Å². The van der Waals surface area contributed by atoms with Crippen LogP contribution in [0.1, 0.15) is 40.0 Å². The molecule has 2 aliphatic heterocycles. The zero-order valence-corrected chi connectivity index (χ0v) is 19.5. The van der Waals surface area contributed by atoms with Gasteiger partial charge in [-0.1, -0.05) is 0 Å². The maximum Gasteiger partial charge on any atom is 0.257 e. The van der Waals surface area contributed by atoms with Gasteiger partial charge in [0.05, 0.1) is 31.2 Å². The molecule has 2 N–H and O–H groups in total. The summed E-state index contributed by atoms with van der Waals surface area (Å²) in [5.74, 6) is 0.508. The van der Waals surface area contributed by atoms with Crippen molar-refractivity contribution in [1.82, 2.24) is 10.2 Å². The molecule has 0 bridgehead atoms. The smallest absolute Gasteiger partial charge is 0.257 e. The van der Waals surface area contributed by atoms with Crippen molar-refractivity contribution in [3.05, 3.63) is 53.6 Å². The van der Waals surface area contributed by atoms with Gasteiger partial charge < -0.3 is 29.7 Å². The molecule has 0 unspecified atom stereocenters. The molecule has 2 aromatic carbocycles. The van der Waals surface area contributed by atoms with E-state index in [9.17, 15) is 14.4 Å². The van der Waals surface area contributed by atoms with Gasteiger partial charge in [-0.15, -0.1) is 0 Å². The molecule has 2 aliphatic rings. The van der Waals surface area contributed by atoms with Crippen molar-refractivity contribution in [2.45, 2.75) is 37.5 Å². The van der Waals surface area contributed by atoms with Crippen LogP contribution in [0.15, 0.2) is 42.5 Å². The Hall–Kier alpha value is -3.59. The molecule has 1 fully saturated rings. The number of nitrogens with one attached hydrogen (secondary N) is 2. The van der Waals surface area contributed by atoms with E-state index < -0.39 is 0 Å². The van der Waals surface area contributed by atoms with Gasteiger partial charge in [0.25, 0.3) is 11.8 Å². The summed E-state index contributed by atoms with van der Waals surface area (Å²) in [6, 6.07) is 11.6. The first-order valence-electron chi connectivity index (χ1n) is 11.2. The maximum absolute atomic E-state index is 13.3. The van der Waals surface area contributed by atoms with Crippen LogP contribution in [0, 0.1) is 0 Å². The van der Waals surface area contributed by atoms with E-state index in [1.54, 1.807) is 68.6 Å². The van der Waals surface area contributed by atoms with Gasteiger partial charge in [-0.2, -0.15) is 0 Å². The van der Waals surface area contributed by atoms with Crippen LogP contribution in [-0.4, -0.2) is 68.7 Å². The largest absolute Gasteiger partial charge is 0.497 e. The second-order valence-corrected chi connectivity index (χ2v) is 8.44. The molecular weight excluding hydrogens is 438 g/mol. The fourth-order valence-electron chi connectivity index (χ4n) is 4.36. The summed E-state index contributed by atoms with van der Waals surface area (Å²) in [7, 11) is 4.91. The van der Waals surface area contributed by atoms with Crippen molar-refractivity contribution in [1.29, 1.82) is 0 Å². The number of anilines is 1. The fraction of sp³-hybridized carbons (Fsp3) is 0.400. The third-order valence-corrected chi connectivity index (χ3v) is 6.31. The number of ether oxygens (including phenoxy) is 3. The molecular formula is C25H29N3O6. The first-order valence-corrected chi connectivity index (χ1v) is 11.2. The SMILES string of the molecule is CNC(=O)C[C@@H]1CC[C@H]2[C@H](COc3ccc(NC(=O)c4ccc(OC)cc4)cc3C(=O)N2C)O1. The van der Waals surface area contributed by atoms with E-state index in [0.29, 0.717) is 41.2 Å². The van der Waals surface area contributed by atoms with Gasteiger partial charge in [-0.05, 0) is 55.3 Å². The van der Waals surface area contributed by atoms with Gasteiger partial charge in [0.1, 0.15) is 24.2 Å². The lowest BCUT2D eigenvalue weighted by molar-refractivity contribution is -0.133.